The van der Waals surface area contributed by atoms with Crippen LogP contribution >= 0.6 is 0 Å². The molecule has 1 aliphatic heterocycles. The summed E-state index contributed by atoms with van der Waals surface area (Å²) in [6.07, 6.45) is 0.478. The fourth-order valence-electron chi connectivity index (χ4n) is 2.29. The Morgan fingerprint density at radius 2 is 2.04 bits per heavy atom. The number of H-pyrrole nitrogens is 1. The van der Waals surface area contributed by atoms with Gasteiger partial charge in [0.05, 0.1) is 17.9 Å². The fourth-order valence-corrected chi connectivity index (χ4v) is 2.29. The van der Waals surface area contributed by atoms with Crippen molar-refractivity contribution in [3.63, 3.8) is 0 Å². The van der Waals surface area contributed by atoms with Crippen molar-refractivity contribution in [2.75, 3.05) is 7.05 Å². The van der Waals surface area contributed by atoms with E-state index in [1.165, 1.54) is 0 Å². The third-order valence-corrected chi connectivity index (χ3v) is 3.74. The average Bonchev–Trinajstić information content (AvgIpc) is 3.02. The molecule has 1 atom stereocenters. The molecule has 126 valence electrons. The molecule has 8 heteroatoms. The Balaban J connectivity index is 1.84. The molecule has 1 aliphatic rings. The van der Waals surface area contributed by atoms with E-state index in [0.717, 1.165) is 11.4 Å². The van der Waals surface area contributed by atoms with Gasteiger partial charge in [-0.05, 0) is 12.5 Å². The van der Waals surface area contributed by atoms with Gasteiger partial charge in [-0.25, -0.2) is 4.79 Å². The maximum atomic E-state index is 12.1. The van der Waals surface area contributed by atoms with Crippen molar-refractivity contribution >= 4 is 17.8 Å². The standard InChI is InChI=1S/C15H23N5O3/c1-15(2,3)11-7-9(18-19-11)8-20(4)12(21)6-5-10-13(22)17-14(23)16-10/h7,10H,5-6,8H2,1-4H3,(H,18,19)(H2,16,17,22,23)/t10-/m0/s1. The van der Waals surface area contributed by atoms with E-state index in [0.29, 0.717) is 6.54 Å². The van der Waals surface area contributed by atoms with Gasteiger partial charge in [0.15, 0.2) is 0 Å². The first-order chi connectivity index (χ1) is 10.7. The van der Waals surface area contributed by atoms with Gasteiger partial charge in [0.1, 0.15) is 6.04 Å². The molecule has 3 N–H and O–H groups in total. The Kier molecular flexibility index (Phi) is 4.72. The molecule has 2 heterocycles. The average molecular weight is 321 g/mol. The second-order valence-electron chi connectivity index (χ2n) is 6.83. The topological polar surface area (TPSA) is 107 Å². The van der Waals surface area contributed by atoms with Crippen LogP contribution in [0.5, 0.6) is 0 Å². The van der Waals surface area contributed by atoms with Crippen LogP contribution in [0.25, 0.3) is 0 Å². The van der Waals surface area contributed by atoms with Gasteiger partial charge in [0.2, 0.25) is 5.91 Å². The maximum Gasteiger partial charge on any atom is 0.322 e. The van der Waals surface area contributed by atoms with Crippen LogP contribution in [0.1, 0.15) is 45.0 Å². The molecule has 0 bridgehead atoms. The van der Waals surface area contributed by atoms with E-state index < -0.39 is 12.1 Å². The second-order valence-corrected chi connectivity index (χ2v) is 6.83. The van der Waals surface area contributed by atoms with E-state index >= 15 is 0 Å². The number of rotatable bonds is 5. The van der Waals surface area contributed by atoms with Crippen LogP contribution in [-0.2, 0) is 21.5 Å². The highest BCUT2D eigenvalue weighted by Crippen LogP contribution is 2.20. The van der Waals surface area contributed by atoms with Crippen molar-refractivity contribution in [2.24, 2.45) is 0 Å². The minimum Gasteiger partial charge on any atom is -0.340 e. The third kappa shape index (κ3) is 4.30. The number of urea groups is 1. The van der Waals surface area contributed by atoms with Crippen LogP contribution in [0, 0.1) is 0 Å². The number of amides is 4. The summed E-state index contributed by atoms with van der Waals surface area (Å²) in [6, 6.07) is 0.821. The van der Waals surface area contributed by atoms with Gasteiger partial charge in [-0.15, -0.1) is 0 Å². The summed E-state index contributed by atoms with van der Waals surface area (Å²) in [5.41, 5.74) is 1.75. The predicted octanol–water partition coefficient (Wildman–Crippen LogP) is 0.654. The SMILES string of the molecule is CN(Cc1cc(C(C)(C)C)n[nH]1)C(=O)CC[C@@H]1NC(=O)NC1=O. The first-order valence-corrected chi connectivity index (χ1v) is 7.57. The highest BCUT2D eigenvalue weighted by molar-refractivity contribution is 6.04. The van der Waals surface area contributed by atoms with E-state index in [-0.39, 0.29) is 30.1 Å². The number of carbonyl (C=O) groups excluding carboxylic acids is 3. The number of aromatic amines is 1. The highest BCUT2D eigenvalue weighted by atomic mass is 16.2. The minimum atomic E-state index is -0.625. The van der Waals surface area contributed by atoms with E-state index in [2.05, 4.69) is 41.6 Å². The molecule has 8 nitrogen and oxygen atoms in total. The Hall–Kier alpha value is -2.38. The van der Waals surface area contributed by atoms with Crippen LogP contribution in [-0.4, -0.2) is 46.0 Å². The molecule has 0 aromatic carbocycles. The molecule has 1 aromatic heterocycles. The quantitative estimate of drug-likeness (QED) is 0.692. The van der Waals surface area contributed by atoms with Gasteiger partial charge in [0.25, 0.3) is 5.91 Å². The van der Waals surface area contributed by atoms with E-state index in [4.69, 9.17) is 0 Å². The zero-order valence-corrected chi connectivity index (χ0v) is 13.9. The smallest absolute Gasteiger partial charge is 0.322 e. The highest BCUT2D eigenvalue weighted by Gasteiger charge is 2.29. The van der Waals surface area contributed by atoms with Crippen molar-refractivity contribution < 1.29 is 14.4 Å². The monoisotopic (exact) mass is 321 g/mol. The summed E-state index contributed by atoms with van der Waals surface area (Å²) >= 11 is 0. The lowest BCUT2D eigenvalue weighted by atomic mass is 9.92. The first-order valence-electron chi connectivity index (χ1n) is 7.57. The van der Waals surface area contributed by atoms with Crippen molar-refractivity contribution in [1.82, 2.24) is 25.7 Å². The molecule has 0 unspecified atom stereocenters. The van der Waals surface area contributed by atoms with Gasteiger partial charge in [-0.1, -0.05) is 20.8 Å². The number of nitrogens with zero attached hydrogens (tertiary/aromatic N) is 2. The fraction of sp³-hybridized carbons (Fsp3) is 0.600. The first kappa shape index (κ1) is 17.0. The predicted molar refractivity (Wildman–Crippen MR) is 83.5 cm³/mol. The van der Waals surface area contributed by atoms with Crippen LogP contribution in [0.2, 0.25) is 0 Å². The Bertz CT molecular complexity index is 617. The molecule has 0 saturated carbocycles. The minimum absolute atomic E-state index is 0.0502. The molecule has 0 spiro atoms. The zero-order valence-electron chi connectivity index (χ0n) is 13.9. The lowest BCUT2D eigenvalue weighted by molar-refractivity contribution is -0.130. The van der Waals surface area contributed by atoms with Crippen LogP contribution in [0.3, 0.4) is 0 Å². The van der Waals surface area contributed by atoms with Crippen molar-refractivity contribution in [3.8, 4) is 0 Å². The molecule has 1 aromatic rings. The number of hydrogen-bond acceptors (Lipinski definition) is 4. The molecular weight excluding hydrogens is 298 g/mol. The van der Waals surface area contributed by atoms with Gasteiger partial charge in [0, 0.05) is 18.9 Å². The van der Waals surface area contributed by atoms with Crippen molar-refractivity contribution in [3.05, 3.63) is 17.5 Å². The summed E-state index contributed by atoms with van der Waals surface area (Å²) in [5, 5.41) is 11.8. The molecule has 23 heavy (non-hydrogen) atoms. The van der Waals surface area contributed by atoms with Crippen molar-refractivity contribution in [1.29, 1.82) is 0 Å². The summed E-state index contributed by atoms with van der Waals surface area (Å²) in [5.74, 6) is -0.473. The summed E-state index contributed by atoms with van der Waals surface area (Å²) < 4.78 is 0. The van der Waals surface area contributed by atoms with E-state index in [1.54, 1.807) is 11.9 Å². The summed E-state index contributed by atoms with van der Waals surface area (Å²) in [7, 11) is 1.70. The Morgan fingerprint density at radius 1 is 1.35 bits per heavy atom. The number of nitrogens with one attached hydrogen (secondary N) is 3. The van der Waals surface area contributed by atoms with E-state index in [1.807, 2.05) is 6.07 Å². The molecule has 1 fully saturated rings. The second kappa shape index (κ2) is 6.39. The number of hydrogen-bond donors (Lipinski definition) is 3. The summed E-state index contributed by atoms with van der Waals surface area (Å²) in [6.45, 7) is 6.64. The van der Waals surface area contributed by atoms with Crippen LogP contribution in [0.4, 0.5) is 4.79 Å². The zero-order chi connectivity index (χ0) is 17.2. The lowest BCUT2D eigenvalue weighted by Crippen LogP contribution is -2.32. The maximum absolute atomic E-state index is 12.1. The van der Waals surface area contributed by atoms with Crippen molar-refractivity contribution in [2.45, 2.75) is 51.6 Å². The Morgan fingerprint density at radius 3 is 2.57 bits per heavy atom. The number of carbonyl (C=O) groups is 3. The van der Waals surface area contributed by atoms with Gasteiger partial charge >= 0.3 is 6.03 Å². The number of aromatic nitrogens is 2. The van der Waals surface area contributed by atoms with Gasteiger partial charge < -0.3 is 10.2 Å². The molecule has 2 rings (SSSR count). The van der Waals surface area contributed by atoms with Gasteiger partial charge in [-0.3, -0.25) is 20.0 Å². The van der Waals surface area contributed by atoms with Crippen LogP contribution in [0.15, 0.2) is 6.07 Å². The third-order valence-electron chi connectivity index (χ3n) is 3.74. The summed E-state index contributed by atoms with van der Waals surface area (Å²) in [4.78, 5) is 36.2. The molecule has 0 aliphatic carbocycles. The van der Waals surface area contributed by atoms with E-state index in [9.17, 15) is 14.4 Å². The molecule has 1 saturated heterocycles. The lowest BCUT2D eigenvalue weighted by Gasteiger charge is -2.17. The normalized spacial score (nSPS) is 17.8. The van der Waals surface area contributed by atoms with Crippen LogP contribution < -0.4 is 10.6 Å². The largest absolute Gasteiger partial charge is 0.340 e. The molecule has 0 radical (unpaired) electrons. The number of imide groups is 1. The van der Waals surface area contributed by atoms with Gasteiger partial charge in [-0.2, -0.15) is 5.10 Å². The molecular formula is C15H23N5O3. The molecule has 4 amide bonds. The Labute approximate surface area is 135 Å².